The van der Waals surface area contributed by atoms with Gasteiger partial charge in [-0.25, -0.2) is 5.06 Å². The molecule has 0 N–H and O–H groups in total. The van der Waals surface area contributed by atoms with E-state index < -0.39 is 0 Å². The Morgan fingerprint density at radius 3 is 2.92 bits per heavy atom. The zero-order chi connectivity index (χ0) is 17.2. The number of ether oxygens (including phenoxy) is 1. The molecule has 3 saturated heterocycles. The number of carbonyl (C=O) groups is 2. The Morgan fingerprint density at radius 1 is 1.24 bits per heavy atom. The van der Waals surface area contributed by atoms with Gasteiger partial charge < -0.3 is 9.64 Å². The van der Waals surface area contributed by atoms with Crippen molar-refractivity contribution in [3.05, 3.63) is 30.1 Å². The first kappa shape index (κ1) is 16.5. The number of hydrogen-bond donors (Lipinski definition) is 0. The molecule has 3 atom stereocenters. The predicted octanol–water partition coefficient (Wildman–Crippen LogP) is 1.26. The predicted molar refractivity (Wildman–Crippen MR) is 88.4 cm³/mol. The Labute approximate surface area is 146 Å². The maximum Gasteiger partial charge on any atom is 0.255 e. The molecule has 4 rings (SSSR count). The number of rotatable bonds is 2. The third-order valence-corrected chi connectivity index (χ3v) is 5.28. The van der Waals surface area contributed by atoms with E-state index >= 15 is 0 Å². The molecular weight excluding hydrogens is 322 g/mol. The van der Waals surface area contributed by atoms with E-state index in [9.17, 15) is 9.59 Å². The highest BCUT2D eigenvalue weighted by Crippen LogP contribution is 2.33. The summed E-state index contributed by atoms with van der Waals surface area (Å²) in [6, 6.07) is 3.56. The zero-order valence-corrected chi connectivity index (χ0v) is 14.2. The van der Waals surface area contributed by atoms with E-state index in [1.54, 1.807) is 24.5 Å². The summed E-state index contributed by atoms with van der Waals surface area (Å²) in [4.78, 5) is 37.2. The molecule has 1 aromatic rings. The van der Waals surface area contributed by atoms with E-state index in [1.165, 1.54) is 5.06 Å². The molecule has 3 aliphatic rings. The summed E-state index contributed by atoms with van der Waals surface area (Å²) in [6.07, 6.45) is 6.56. The summed E-state index contributed by atoms with van der Waals surface area (Å²) in [5.74, 6) is -0.388. The van der Waals surface area contributed by atoms with E-state index in [-0.39, 0.29) is 29.9 Å². The van der Waals surface area contributed by atoms with Crippen LogP contribution in [0.5, 0.6) is 0 Å². The summed E-state index contributed by atoms with van der Waals surface area (Å²) in [5.41, 5.74) is 0.551. The summed E-state index contributed by atoms with van der Waals surface area (Å²) in [5, 5.41) is 1.48. The molecule has 134 valence electrons. The highest BCUT2D eigenvalue weighted by atomic mass is 16.7. The minimum Gasteiger partial charge on any atom is -0.376 e. The highest BCUT2D eigenvalue weighted by molar-refractivity contribution is 5.94. The first-order chi connectivity index (χ1) is 12.2. The number of nitrogens with zero attached hydrogens (tertiary/aromatic N) is 3. The van der Waals surface area contributed by atoms with Crippen molar-refractivity contribution < 1.29 is 19.2 Å². The van der Waals surface area contributed by atoms with Crippen LogP contribution in [-0.2, 0) is 14.4 Å². The number of likely N-dealkylation sites (tertiary alicyclic amines) is 1. The van der Waals surface area contributed by atoms with Gasteiger partial charge in [-0.3, -0.25) is 19.4 Å². The van der Waals surface area contributed by atoms with E-state index in [0.717, 1.165) is 19.3 Å². The largest absolute Gasteiger partial charge is 0.376 e. The summed E-state index contributed by atoms with van der Waals surface area (Å²) in [6.45, 7) is 2.25. The molecule has 3 fully saturated rings. The van der Waals surface area contributed by atoms with Gasteiger partial charge in [0, 0.05) is 32.1 Å². The van der Waals surface area contributed by atoms with Crippen molar-refractivity contribution in [2.45, 2.75) is 37.8 Å². The van der Waals surface area contributed by atoms with Crippen LogP contribution in [0.4, 0.5) is 0 Å². The number of hydrogen-bond acceptors (Lipinski definition) is 5. The lowest BCUT2D eigenvalue weighted by Gasteiger charge is -2.41. The van der Waals surface area contributed by atoms with Crippen LogP contribution >= 0.6 is 0 Å². The number of pyridine rings is 1. The maximum absolute atomic E-state index is 13.0. The summed E-state index contributed by atoms with van der Waals surface area (Å²) in [7, 11) is 0. The average Bonchev–Trinajstić information content (AvgIpc) is 3.16. The van der Waals surface area contributed by atoms with Gasteiger partial charge in [0.1, 0.15) is 0 Å². The molecule has 0 saturated carbocycles. The monoisotopic (exact) mass is 345 g/mol. The Kier molecular flexibility index (Phi) is 4.67. The van der Waals surface area contributed by atoms with Gasteiger partial charge in [-0.2, -0.15) is 0 Å². The summed E-state index contributed by atoms with van der Waals surface area (Å²) < 4.78 is 5.82. The lowest BCUT2D eigenvalue weighted by molar-refractivity contribution is -0.203. The molecular formula is C18H23N3O4. The summed E-state index contributed by atoms with van der Waals surface area (Å²) >= 11 is 0. The average molecular weight is 345 g/mol. The number of aromatic nitrogens is 1. The second-order valence-electron chi connectivity index (χ2n) is 6.88. The van der Waals surface area contributed by atoms with Gasteiger partial charge in [0.2, 0.25) is 0 Å². The van der Waals surface area contributed by atoms with Crippen molar-refractivity contribution in [1.82, 2.24) is 14.9 Å². The van der Waals surface area contributed by atoms with Crippen LogP contribution in [-0.4, -0.2) is 65.2 Å². The number of carbonyl (C=O) groups excluding carboxylic acids is 2. The normalized spacial score (nSPS) is 29.4. The topological polar surface area (TPSA) is 72.0 Å². The quantitative estimate of drug-likeness (QED) is 0.807. The van der Waals surface area contributed by atoms with E-state index in [0.29, 0.717) is 38.3 Å². The molecule has 0 radical (unpaired) electrons. The van der Waals surface area contributed by atoms with Gasteiger partial charge in [0.25, 0.3) is 11.8 Å². The first-order valence-electron chi connectivity index (χ1n) is 9.01. The Hall–Kier alpha value is -1.99. The fourth-order valence-corrected chi connectivity index (χ4v) is 3.99. The van der Waals surface area contributed by atoms with Crippen molar-refractivity contribution in [3.8, 4) is 0 Å². The molecule has 0 aliphatic carbocycles. The number of hydroxylamine groups is 2. The van der Waals surface area contributed by atoms with Crippen molar-refractivity contribution in [2.24, 2.45) is 5.92 Å². The van der Waals surface area contributed by atoms with Gasteiger partial charge in [-0.15, -0.1) is 0 Å². The van der Waals surface area contributed by atoms with Crippen LogP contribution in [0.25, 0.3) is 0 Å². The molecule has 4 heterocycles. The second kappa shape index (κ2) is 7.09. The lowest BCUT2D eigenvalue weighted by Crippen LogP contribution is -2.55. The Balaban J connectivity index is 1.53. The molecule has 2 amide bonds. The maximum atomic E-state index is 13.0. The molecule has 0 spiro atoms. The molecule has 1 aromatic heterocycles. The minimum atomic E-state index is -0.280. The third-order valence-electron chi connectivity index (χ3n) is 5.28. The first-order valence-corrected chi connectivity index (χ1v) is 9.01. The van der Waals surface area contributed by atoms with Crippen molar-refractivity contribution in [1.29, 1.82) is 0 Å². The lowest BCUT2D eigenvalue weighted by atomic mass is 9.88. The molecule has 7 heteroatoms. The molecule has 3 aliphatic heterocycles. The van der Waals surface area contributed by atoms with Crippen LogP contribution in [0.3, 0.4) is 0 Å². The van der Waals surface area contributed by atoms with Crippen LogP contribution in [0.1, 0.15) is 36.0 Å². The fraction of sp³-hybridized carbons (Fsp3) is 0.611. The molecule has 25 heavy (non-hydrogen) atoms. The van der Waals surface area contributed by atoms with Gasteiger partial charge in [0.15, 0.2) is 0 Å². The standard InChI is InChI=1S/C18H23N3O4/c22-17(13-4-3-6-19-11-13)20-12-14(10-16-15(20)5-9-24-16)18(23)21-7-1-2-8-25-21/h3-4,6,11,14-16H,1-2,5,7-10,12H2/t14-,15+,16+/m0/s1. The molecule has 7 nitrogen and oxygen atoms in total. The van der Waals surface area contributed by atoms with Gasteiger partial charge in [-0.05, 0) is 37.8 Å². The van der Waals surface area contributed by atoms with Crippen molar-refractivity contribution in [2.75, 3.05) is 26.3 Å². The van der Waals surface area contributed by atoms with Crippen LogP contribution in [0.15, 0.2) is 24.5 Å². The molecule has 0 aromatic carbocycles. The number of fused-ring (bicyclic) bond motifs is 1. The number of amides is 2. The fourth-order valence-electron chi connectivity index (χ4n) is 3.99. The minimum absolute atomic E-state index is 0.0300. The van der Waals surface area contributed by atoms with Crippen molar-refractivity contribution in [3.63, 3.8) is 0 Å². The van der Waals surface area contributed by atoms with Gasteiger partial charge in [0.05, 0.1) is 30.2 Å². The zero-order valence-electron chi connectivity index (χ0n) is 14.2. The van der Waals surface area contributed by atoms with Gasteiger partial charge >= 0.3 is 0 Å². The van der Waals surface area contributed by atoms with Crippen LogP contribution in [0.2, 0.25) is 0 Å². The highest BCUT2D eigenvalue weighted by Gasteiger charge is 2.45. The number of piperidine rings is 1. The van der Waals surface area contributed by atoms with E-state index in [1.807, 2.05) is 4.90 Å². The van der Waals surface area contributed by atoms with Crippen LogP contribution < -0.4 is 0 Å². The second-order valence-corrected chi connectivity index (χ2v) is 6.88. The van der Waals surface area contributed by atoms with E-state index in [4.69, 9.17) is 9.57 Å². The van der Waals surface area contributed by atoms with Crippen LogP contribution in [0, 0.1) is 5.92 Å². The van der Waals surface area contributed by atoms with Gasteiger partial charge in [-0.1, -0.05) is 0 Å². The Bertz CT molecular complexity index is 632. The van der Waals surface area contributed by atoms with Crippen molar-refractivity contribution >= 4 is 11.8 Å². The van der Waals surface area contributed by atoms with E-state index in [2.05, 4.69) is 4.98 Å². The molecule has 0 unspecified atom stereocenters. The SMILES string of the molecule is O=C([C@H]1C[C@H]2OCC[C@H]2N(C(=O)c2cccnc2)C1)N1CCCCO1. The third kappa shape index (κ3) is 3.26. The molecule has 0 bridgehead atoms. The Morgan fingerprint density at radius 2 is 2.16 bits per heavy atom. The smallest absolute Gasteiger partial charge is 0.255 e.